The van der Waals surface area contributed by atoms with Crippen LogP contribution >= 0.6 is 0 Å². The molecule has 0 bridgehead atoms. The number of carbonyl (C=O) groups excluding carboxylic acids is 3. The maximum absolute atomic E-state index is 12.3. The Hall–Kier alpha value is -3.15. The van der Waals surface area contributed by atoms with E-state index in [-0.39, 0.29) is 24.2 Å². The Balaban J connectivity index is 1.40. The van der Waals surface area contributed by atoms with Gasteiger partial charge in [0.25, 0.3) is 11.8 Å². The van der Waals surface area contributed by atoms with Gasteiger partial charge in [-0.2, -0.15) is 0 Å². The van der Waals surface area contributed by atoms with Gasteiger partial charge in [-0.15, -0.1) is 0 Å². The monoisotopic (exact) mass is 381 g/mol. The molecular weight excluding hydrogens is 358 g/mol. The van der Waals surface area contributed by atoms with Crippen molar-refractivity contribution < 1.29 is 23.9 Å². The first kappa shape index (κ1) is 19.6. The second kappa shape index (κ2) is 9.17. The van der Waals surface area contributed by atoms with Gasteiger partial charge >= 0.3 is 5.97 Å². The maximum atomic E-state index is 12.3. The molecule has 0 N–H and O–H groups in total. The number of hydrogen-bond acceptors (Lipinski definition) is 5. The number of nitrogens with zero attached hydrogens (tertiary/aromatic N) is 1. The van der Waals surface area contributed by atoms with Crippen molar-refractivity contribution in [2.24, 2.45) is 0 Å². The summed E-state index contributed by atoms with van der Waals surface area (Å²) in [4.78, 5) is 37.9. The van der Waals surface area contributed by atoms with Gasteiger partial charge in [0.1, 0.15) is 0 Å². The lowest BCUT2D eigenvalue weighted by Gasteiger charge is -2.13. The lowest BCUT2D eigenvalue weighted by atomic mass is 10.1. The van der Waals surface area contributed by atoms with Crippen molar-refractivity contribution in [1.82, 2.24) is 4.90 Å². The lowest BCUT2D eigenvalue weighted by molar-refractivity contribution is -0.134. The highest BCUT2D eigenvalue weighted by Crippen LogP contribution is 2.27. The van der Waals surface area contributed by atoms with Crippen LogP contribution in [0.5, 0.6) is 11.5 Å². The zero-order chi connectivity index (χ0) is 19.9. The van der Waals surface area contributed by atoms with E-state index in [1.807, 2.05) is 13.0 Å². The van der Waals surface area contributed by atoms with Crippen LogP contribution in [0, 0.1) is 0 Å². The predicted molar refractivity (Wildman–Crippen MR) is 104 cm³/mol. The highest BCUT2D eigenvalue weighted by atomic mass is 16.6. The van der Waals surface area contributed by atoms with E-state index in [1.165, 1.54) is 4.90 Å². The lowest BCUT2D eigenvalue weighted by Crippen LogP contribution is -2.30. The molecule has 3 rings (SSSR count). The molecule has 0 fully saturated rings. The fourth-order valence-electron chi connectivity index (χ4n) is 3.14. The SMILES string of the molecule is CCOc1ccccc1OC(=O)CCCCCN1C(=O)c2ccccc2C1=O. The molecule has 6 heteroatoms. The van der Waals surface area contributed by atoms with Crippen molar-refractivity contribution in [2.75, 3.05) is 13.2 Å². The summed E-state index contributed by atoms with van der Waals surface area (Å²) in [6, 6.07) is 13.9. The average molecular weight is 381 g/mol. The zero-order valence-corrected chi connectivity index (χ0v) is 15.8. The molecule has 0 radical (unpaired) electrons. The number of ether oxygens (including phenoxy) is 2. The fraction of sp³-hybridized carbons (Fsp3) is 0.318. The quantitative estimate of drug-likeness (QED) is 0.286. The van der Waals surface area contributed by atoms with Gasteiger partial charge in [0.2, 0.25) is 0 Å². The molecule has 0 unspecified atom stereocenters. The Morgan fingerprint density at radius 2 is 1.46 bits per heavy atom. The molecule has 0 atom stereocenters. The van der Waals surface area contributed by atoms with E-state index in [4.69, 9.17) is 9.47 Å². The maximum Gasteiger partial charge on any atom is 0.311 e. The van der Waals surface area contributed by atoms with E-state index in [0.29, 0.717) is 48.6 Å². The van der Waals surface area contributed by atoms with Gasteiger partial charge in [0.15, 0.2) is 11.5 Å². The van der Waals surface area contributed by atoms with E-state index in [9.17, 15) is 14.4 Å². The highest BCUT2D eigenvalue weighted by molar-refractivity contribution is 6.21. The number of fused-ring (bicyclic) bond motifs is 1. The third kappa shape index (κ3) is 4.39. The Morgan fingerprint density at radius 3 is 2.11 bits per heavy atom. The number of para-hydroxylation sites is 2. The zero-order valence-electron chi connectivity index (χ0n) is 15.8. The molecule has 0 aromatic heterocycles. The number of rotatable bonds is 9. The van der Waals surface area contributed by atoms with Crippen molar-refractivity contribution in [1.29, 1.82) is 0 Å². The molecule has 28 heavy (non-hydrogen) atoms. The third-order valence-corrected chi connectivity index (χ3v) is 4.51. The second-order valence-electron chi connectivity index (χ2n) is 6.47. The van der Waals surface area contributed by atoms with Crippen LogP contribution in [0.25, 0.3) is 0 Å². The fourth-order valence-corrected chi connectivity index (χ4v) is 3.14. The molecular formula is C22H23NO5. The van der Waals surface area contributed by atoms with E-state index in [0.717, 1.165) is 6.42 Å². The smallest absolute Gasteiger partial charge is 0.311 e. The minimum absolute atomic E-state index is 0.243. The van der Waals surface area contributed by atoms with Crippen molar-refractivity contribution in [3.63, 3.8) is 0 Å². The summed E-state index contributed by atoms with van der Waals surface area (Å²) in [7, 11) is 0. The number of unbranched alkanes of at least 4 members (excludes halogenated alkanes) is 2. The van der Waals surface area contributed by atoms with Gasteiger partial charge in [0, 0.05) is 13.0 Å². The van der Waals surface area contributed by atoms with Crippen LogP contribution in [0.4, 0.5) is 0 Å². The first-order valence-corrected chi connectivity index (χ1v) is 9.49. The number of carbonyl (C=O) groups is 3. The minimum atomic E-state index is -0.326. The molecule has 146 valence electrons. The van der Waals surface area contributed by atoms with Crippen LogP contribution in [0.2, 0.25) is 0 Å². The van der Waals surface area contributed by atoms with Gasteiger partial charge in [-0.05, 0) is 44.0 Å². The summed E-state index contributed by atoms with van der Waals surface area (Å²) in [5.74, 6) is 0.150. The number of amides is 2. The van der Waals surface area contributed by atoms with Gasteiger partial charge < -0.3 is 9.47 Å². The molecule has 0 saturated carbocycles. The van der Waals surface area contributed by atoms with Crippen molar-refractivity contribution in [3.05, 3.63) is 59.7 Å². The van der Waals surface area contributed by atoms with Crippen LogP contribution in [-0.2, 0) is 4.79 Å². The molecule has 0 spiro atoms. The first-order chi connectivity index (χ1) is 13.6. The Bertz CT molecular complexity index is 842. The van der Waals surface area contributed by atoms with Gasteiger partial charge in [-0.3, -0.25) is 19.3 Å². The summed E-state index contributed by atoms with van der Waals surface area (Å²) < 4.78 is 10.8. The largest absolute Gasteiger partial charge is 0.490 e. The summed E-state index contributed by atoms with van der Waals surface area (Å²) in [5, 5.41) is 0. The normalized spacial score (nSPS) is 12.8. The Labute approximate surface area is 164 Å². The van der Waals surface area contributed by atoms with Crippen LogP contribution in [0.15, 0.2) is 48.5 Å². The number of benzene rings is 2. The van der Waals surface area contributed by atoms with Crippen LogP contribution in [0.1, 0.15) is 53.3 Å². The van der Waals surface area contributed by atoms with Crippen LogP contribution < -0.4 is 9.47 Å². The second-order valence-corrected chi connectivity index (χ2v) is 6.47. The van der Waals surface area contributed by atoms with Crippen LogP contribution in [-0.4, -0.2) is 35.8 Å². The van der Waals surface area contributed by atoms with E-state index < -0.39 is 0 Å². The molecule has 0 aliphatic carbocycles. The van der Waals surface area contributed by atoms with E-state index in [1.54, 1.807) is 42.5 Å². The number of esters is 1. The van der Waals surface area contributed by atoms with E-state index >= 15 is 0 Å². The summed E-state index contributed by atoms with van der Waals surface area (Å²) in [6.07, 6.45) is 2.26. The molecule has 0 saturated heterocycles. The van der Waals surface area contributed by atoms with Crippen molar-refractivity contribution in [2.45, 2.75) is 32.6 Å². The number of hydrogen-bond donors (Lipinski definition) is 0. The topological polar surface area (TPSA) is 72.9 Å². The standard InChI is InChI=1S/C22H23NO5/c1-2-27-18-12-7-8-13-19(18)28-20(24)14-4-3-9-15-23-21(25)16-10-5-6-11-17(16)22(23)26/h5-8,10-13H,2-4,9,14-15H2,1H3. The summed E-state index contributed by atoms with van der Waals surface area (Å²) in [5.41, 5.74) is 0.924. The molecule has 2 amide bonds. The first-order valence-electron chi connectivity index (χ1n) is 9.49. The van der Waals surface area contributed by atoms with Gasteiger partial charge in [0.05, 0.1) is 17.7 Å². The van der Waals surface area contributed by atoms with Crippen molar-refractivity contribution >= 4 is 17.8 Å². The van der Waals surface area contributed by atoms with Gasteiger partial charge in [-0.25, -0.2) is 0 Å². The number of imide groups is 1. The minimum Gasteiger partial charge on any atom is -0.490 e. The van der Waals surface area contributed by atoms with E-state index in [2.05, 4.69) is 0 Å². The molecule has 1 aliphatic heterocycles. The third-order valence-electron chi connectivity index (χ3n) is 4.51. The predicted octanol–water partition coefficient (Wildman–Crippen LogP) is 3.85. The van der Waals surface area contributed by atoms with Crippen molar-refractivity contribution in [3.8, 4) is 11.5 Å². The van der Waals surface area contributed by atoms with Crippen LogP contribution in [0.3, 0.4) is 0 Å². The molecule has 6 nitrogen and oxygen atoms in total. The Kier molecular flexibility index (Phi) is 6.42. The summed E-state index contributed by atoms with van der Waals surface area (Å²) >= 11 is 0. The van der Waals surface area contributed by atoms with Gasteiger partial charge in [-0.1, -0.05) is 30.7 Å². The summed E-state index contributed by atoms with van der Waals surface area (Å²) in [6.45, 7) is 2.72. The Morgan fingerprint density at radius 1 is 0.857 bits per heavy atom. The molecule has 1 aliphatic rings. The molecule has 1 heterocycles. The average Bonchev–Trinajstić information content (AvgIpc) is 2.94. The molecule has 2 aromatic rings. The highest BCUT2D eigenvalue weighted by Gasteiger charge is 2.34. The molecule has 2 aromatic carbocycles.